The molecule has 1 aliphatic rings. The molecule has 1 aromatic heterocycles. The minimum absolute atomic E-state index is 0.0226. The zero-order valence-corrected chi connectivity index (χ0v) is 9.95. The Morgan fingerprint density at radius 3 is 2.50 bits per heavy atom. The smallest absolute Gasteiger partial charge is 0.327 e. The van der Waals surface area contributed by atoms with Gasteiger partial charge in [-0.25, -0.2) is 4.79 Å². The fourth-order valence-corrected chi connectivity index (χ4v) is 2.03. The number of aliphatic carboxylic acids is 1. The first-order chi connectivity index (χ1) is 8.45. The zero-order chi connectivity index (χ0) is 13.4. The van der Waals surface area contributed by atoms with Gasteiger partial charge in [0.25, 0.3) is 11.8 Å². The zero-order valence-electron chi connectivity index (χ0n) is 9.95. The second-order valence-corrected chi connectivity index (χ2v) is 4.41. The van der Waals surface area contributed by atoms with Gasteiger partial charge < -0.3 is 5.11 Å². The van der Waals surface area contributed by atoms with E-state index in [2.05, 4.69) is 4.98 Å². The molecule has 94 valence electrons. The van der Waals surface area contributed by atoms with E-state index in [9.17, 15) is 14.4 Å². The number of aromatic nitrogens is 1. The van der Waals surface area contributed by atoms with Gasteiger partial charge in [0.05, 0.1) is 5.56 Å². The van der Waals surface area contributed by atoms with Gasteiger partial charge in [-0.1, -0.05) is 13.8 Å². The number of amides is 2. The lowest BCUT2D eigenvalue weighted by Gasteiger charge is -2.25. The van der Waals surface area contributed by atoms with Crippen LogP contribution in [0.3, 0.4) is 0 Å². The van der Waals surface area contributed by atoms with Crippen LogP contribution in [0.25, 0.3) is 0 Å². The van der Waals surface area contributed by atoms with Crippen LogP contribution in [0.1, 0.15) is 34.7 Å². The minimum atomic E-state index is -1.19. The van der Waals surface area contributed by atoms with Crippen LogP contribution < -0.4 is 0 Å². The third kappa shape index (κ3) is 1.66. The fraction of sp³-hybridized carbons (Fsp3) is 0.333. The maximum atomic E-state index is 12.1. The molecule has 1 unspecified atom stereocenters. The maximum absolute atomic E-state index is 12.1. The molecule has 6 heteroatoms. The molecule has 0 spiro atoms. The summed E-state index contributed by atoms with van der Waals surface area (Å²) in [4.78, 5) is 39.9. The highest BCUT2D eigenvalue weighted by Crippen LogP contribution is 2.25. The number of imide groups is 1. The number of fused-ring (bicyclic) bond motifs is 1. The van der Waals surface area contributed by atoms with Crippen LogP contribution in [0.2, 0.25) is 0 Å². The fourth-order valence-electron chi connectivity index (χ4n) is 2.03. The molecular formula is C12H12N2O4. The van der Waals surface area contributed by atoms with E-state index >= 15 is 0 Å². The summed E-state index contributed by atoms with van der Waals surface area (Å²) in [5.74, 6) is -2.80. The molecule has 6 nitrogen and oxygen atoms in total. The standard InChI is InChI=1S/C12H12N2O4/c1-6(2)9(12(17)18)14-10(15)7-4-3-5-13-8(7)11(14)16/h3-6,9H,1-2H3,(H,17,18). The molecular weight excluding hydrogens is 236 g/mol. The van der Waals surface area contributed by atoms with Crippen LogP contribution in [-0.2, 0) is 4.79 Å². The molecule has 2 rings (SSSR count). The first-order valence-corrected chi connectivity index (χ1v) is 5.51. The van der Waals surface area contributed by atoms with Gasteiger partial charge in [-0.15, -0.1) is 0 Å². The molecule has 0 aromatic carbocycles. The van der Waals surface area contributed by atoms with Gasteiger partial charge in [0, 0.05) is 6.20 Å². The molecule has 18 heavy (non-hydrogen) atoms. The van der Waals surface area contributed by atoms with Crippen molar-refractivity contribution in [1.82, 2.24) is 9.88 Å². The highest BCUT2D eigenvalue weighted by molar-refractivity contribution is 6.21. The van der Waals surface area contributed by atoms with E-state index in [1.54, 1.807) is 19.9 Å². The summed E-state index contributed by atoms with van der Waals surface area (Å²) in [6, 6.07) is 1.85. The van der Waals surface area contributed by atoms with E-state index < -0.39 is 23.8 Å². The van der Waals surface area contributed by atoms with E-state index in [0.717, 1.165) is 4.90 Å². The monoisotopic (exact) mass is 248 g/mol. The lowest BCUT2D eigenvalue weighted by Crippen LogP contribution is -2.47. The third-order valence-electron chi connectivity index (χ3n) is 2.84. The topological polar surface area (TPSA) is 87.6 Å². The predicted molar refractivity (Wildman–Crippen MR) is 61.0 cm³/mol. The number of rotatable bonds is 3. The lowest BCUT2D eigenvalue weighted by molar-refractivity contribution is -0.143. The van der Waals surface area contributed by atoms with E-state index in [1.165, 1.54) is 12.3 Å². The van der Waals surface area contributed by atoms with E-state index in [-0.39, 0.29) is 17.2 Å². The lowest BCUT2D eigenvalue weighted by atomic mass is 10.0. The molecule has 1 aliphatic heterocycles. The Morgan fingerprint density at radius 2 is 2.00 bits per heavy atom. The van der Waals surface area contributed by atoms with Crippen LogP contribution >= 0.6 is 0 Å². The normalized spacial score (nSPS) is 16.1. The van der Waals surface area contributed by atoms with E-state index in [0.29, 0.717) is 0 Å². The molecule has 0 fully saturated rings. The minimum Gasteiger partial charge on any atom is -0.480 e. The number of nitrogens with zero attached hydrogens (tertiary/aromatic N) is 2. The molecule has 0 radical (unpaired) electrons. The Balaban J connectivity index is 2.47. The average Bonchev–Trinajstić information content (AvgIpc) is 2.55. The number of carboxylic acid groups (broad SMARTS) is 1. The van der Waals surface area contributed by atoms with Crippen molar-refractivity contribution in [3.63, 3.8) is 0 Å². The van der Waals surface area contributed by atoms with Crippen molar-refractivity contribution < 1.29 is 19.5 Å². The third-order valence-corrected chi connectivity index (χ3v) is 2.84. The summed E-state index contributed by atoms with van der Waals surface area (Å²) >= 11 is 0. The molecule has 1 N–H and O–H groups in total. The largest absolute Gasteiger partial charge is 0.480 e. The molecule has 1 aromatic rings. The highest BCUT2D eigenvalue weighted by atomic mass is 16.4. The average molecular weight is 248 g/mol. The summed E-state index contributed by atoms with van der Waals surface area (Å²) in [6.07, 6.45) is 1.40. The van der Waals surface area contributed by atoms with Crippen LogP contribution in [0, 0.1) is 5.92 Å². The quantitative estimate of drug-likeness (QED) is 0.799. The molecule has 0 saturated heterocycles. The number of hydrogen-bond donors (Lipinski definition) is 1. The van der Waals surface area contributed by atoms with Gasteiger partial charge in [-0.2, -0.15) is 0 Å². The first kappa shape index (κ1) is 12.2. The van der Waals surface area contributed by atoms with Gasteiger partial charge in [0.2, 0.25) is 0 Å². The first-order valence-electron chi connectivity index (χ1n) is 5.51. The summed E-state index contributed by atoms with van der Waals surface area (Å²) in [7, 11) is 0. The molecule has 2 heterocycles. The molecule has 2 amide bonds. The highest BCUT2D eigenvalue weighted by Gasteiger charge is 2.44. The van der Waals surface area contributed by atoms with Crippen LogP contribution in [0.4, 0.5) is 0 Å². The predicted octanol–water partition coefficient (Wildman–Crippen LogP) is 0.787. The summed E-state index contributed by atoms with van der Waals surface area (Å²) in [6.45, 7) is 3.30. The van der Waals surface area contributed by atoms with Crippen molar-refractivity contribution in [1.29, 1.82) is 0 Å². The number of carbonyl (C=O) groups excluding carboxylic acids is 2. The van der Waals surface area contributed by atoms with Crippen LogP contribution in [-0.4, -0.2) is 38.8 Å². The SMILES string of the molecule is CC(C)C(C(=O)O)N1C(=O)c2cccnc2C1=O. The van der Waals surface area contributed by atoms with Crippen LogP contribution in [0.15, 0.2) is 18.3 Å². The van der Waals surface area contributed by atoms with Crippen molar-refractivity contribution in [2.45, 2.75) is 19.9 Å². The Kier molecular flexibility index (Phi) is 2.86. The van der Waals surface area contributed by atoms with Crippen molar-refractivity contribution in [2.24, 2.45) is 5.92 Å². The van der Waals surface area contributed by atoms with Crippen molar-refractivity contribution in [2.75, 3.05) is 0 Å². The number of hydrogen-bond acceptors (Lipinski definition) is 4. The van der Waals surface area contributed by atoms with Gasteiger partial charge in [0.1, 0.15) is 11.7 Å². The Labute approximate surface area is 103 Å². The Hall–Kier alpha value is -2.24. The second-order valence-electron chi connectivity index (χ2n) is 4.41. The van der Waals surface area contributed by atoms with Crippen LogP contribution in [0.5, 0.6) is 0 Å². The number of carboxylic acids is 1. The van der Waals surface area contributed by atoms with Gasteiger partial charge in [-0.3, -0.25) is 19.5 Å². The number of pyridine rings is 1. The molecule has 0 aliphatic carbocycles. The Morgan fingerprint density at radius 1 is 1.33 bits per heavy atom. The molecule has 0 saturated carbocycles. The molecule has 0 bridgehead atoms. The maximum Gasteiger partial charge on any atom is 0.327 e. The van der Waals surface area contributed by atoms with Gasteiger partial charge in [-0.05, 0) is 18.1 Å². The number of carbonyl (C=O) groups is 3. The van der Waals surface area contributed by atoms with Crippen molar-refractivity contribution >= 4 is 17.8 Å². The second kappa shape index (κ2) is 4.21. The molecule has 1 atom stereocenters. The summed E-state index contributed by atoms with van der Waals surface area (Å²) in [5.41, 5.74) is 0.184. The summed E-state index contributed by atoms with van der Waals surface area (Å²) < 4.78 is 0. The Bertz CT molecular complexity index is 504. The van der Waals surface area contributed by atoms with Gasteiger partial charge in [0.15, 0.2) is 0 Å². The summed E-state index contributed by atoms with van der Waals surface area (Å²) in [5, 5.41) is 9.15. The van der Waals surface area contributed by atoms with E-state index in [4.69, 9.17) is 5.11 Å². The van der Waals surface area contributed by atoms with Gasteiger partial charge >= 0.3 is 5.97 Å². The van der Waals surface area contributed by atoms with Crippen molar-refractivity contribution in [3.8, 4) is 0 Å². The van der Waals surface area contributed by atoms with E-state index in [1.807, 2.05) is 0 Å². The van der Waals surface area contributed by atoms with Crippen molar-refractivity contribution in [3.05, 3.63) is 29.6 Å².